The molecule has 4 rings (SSSR count). The van der Waals surface area contributed by atoms with Crippen LogP contribution in [-0.2, 0) is 11.2 Å². The standard InChI is InChI=1S/C26H24ClN3O3S/c1-17(20-7-4-3-5-8-20)28-18(2)24(15-19-11-13-21(27)14-12-19)25(31)29(26(28)34)22-9-6-10-23(16-22)30(32)33/h3-14,16-18,24H,15H2,1-2H3/t17-,18-,24+/m0/s1. The largest absolute Gasteiger partial charge is 0.338 e. The number of carbonyl (C=O) groups is 1. The van der Waals surface area contributed by atoms with Crippen LogP contribution in [0.25, 0.3) is 0 Å². The normalized spacial score (nSPS) is 19.3. The lowest BCUT2D eigenvalue weighted by atomic mass is 9.87. The number of benzene rings is 3. The molecule has 0 spiro atoms. The molecule has 1 heterocycles. The fraction of sp³-hybridized carbons (Fsp3) is 0.231. The quantitative estimate of drug-likeness (QED) is 0.232. The second kappa shape index (κ2) is 9.91. The van der Waals surface area contributed by atoms with E-state index in [-0.39, 0.29) is 23.7 Å². The first-order valence-corrected chi connectivity index (χ1v) is 11.8. The van der Waals surface area contributed by atoms with E-state index < -0.39 is 10.8 Å². The summed E-state index contributed by atoms with van der Waals surface area (Å²) >= 11 is 11.9. The Bertz CT molecular complexity index is 1220. The first kappa shape index (κ1) is 23.9. The monoisotopic (exact) mass is 493 g/mol. The Kier molecular flexibility index (Phi) is 6.95. The van der Waals surface area contributed by atoms with Crippen LogP contribution in [0.1, 0.15) is 31.0 Å². The van der Waals surface area contributed by atoms with Crippen molar-refractivity contribution in [1.29, 1.82) is 0 Å². The van der Waals surface area contributed by atoms with Gasteiger partial charge in [-0.15, -0.1) is 0 Å². The number of nitro groups is 1. The third-order valence-corrected chi connectivity index (χ3v) is 6.98. The van der Waals surface area contributed by atoms with Crippen molar-refractivity contribution in [2.45, 2.75) is 32.4 Å². The summed E-state index contributed by atoms with van der Waals surface area (Å²) in [5.74, 6) is -0.595. The van der Waals surface area contributed by atoms with Gasteiger partial charge in [0.25, 0.3) is 5.69 Å². The van der Waals surface area contributed by atoms with Gasteiger partial charge in [0.05, 0.1) is 22.6 Å². The molecule has 1 fully saturated rings. The Labute approximate surface area is 208 Å². The lowest BCUT2D eigenvalue weighted by Gasteiger charge is -2.48. The van der Waals surface area contributed by atoms with Crippen molar-refractivity contribution in [2.75, 3.05) is 4.90 Å². The first-order chi connectivity index (χ1) is 16.3. The molecule has 8 heteroatoms. The van der Waals surface area contributed by atoms with Crippen molar-refractivity contribution in [3.8, 4) is 0 Å². The van der Waals surface area contributed by atoms with Crippen LogP contribution in [0.3, 0.4) is 0 Å². The van der Waals surface area contributed by atoms with Gasteiger partial charge in [-0.1, -0.05) is 60.1 Å². The lowest BCUT2D eigenvalue weighted by molar-refractivity contribution is -0.384. The molecule has 0 radical (unpaired) electrons. The number of hydrogen-bond acceptors (Lipinski definition) is 4. The Morgan fingerprint density at radius 1 is 1.06 bits per heavy atom. The summed E-state index contributed by atoms with van der Waals surface area (Å²) < 4.78 is 0. The highest BCUT2D eigenvalue weighted by atomic mass is 35.5. The Hall–Kier alpha value is -3.29. The Balaban J connectivity index is 1.78. The number of hydrogen-bond donors (Lipinski definition) is 0. The maximum Gasteiger partial charge on any atom is 0.271 e. The van der Waals surface area contributed by atoms with Gasteiger partial charge in [0.15, 0.2) is 5.11 Å². The molecule has 0 aliphatic carbocycles. The molecule has 3 atom stereocenters. The average Bonchev–Trinajstić information content (AvgIpc) is 2.83. The van der Waals surface area contributed by atoms with Gasteiger partial charge in [-0.05, 0) is 61.8 Å². The summed E-state index contributed by atoms with van der Waals surface area (Å²) in [6.07, 6.45) is 0.489. The molecule has 34 heavy (non-hydrogen) atoms. The minimum Gasteiger partial charge on any atom is -0.338 e. The zero-order chi connectivity index (χ0) is 24.4. The van der Waals surface area contributed by atoms with Crippen molar-refractivity contribution in [2.24, 2.45) is 5.92 Å². The van der Waals surface area contributed by atoms with Crippen LogP contribution >= 0.6 is 23.8 Å². The molecule has 1 amide bonds. The van der Waals surface area contributed by atoms with E-state index in [4.69, 9.17) is 23.8 Å². The molecule has 174 valence electrons. The molecule has 0 N–H and O–H groups in total. The van der Waals surface area contributed by atoms with Crippen molar-refractivity contribution >= 4 is 46.2 Å². The fourth-order valence-electron chi connectivity index (χ4n) is 4.48. The number of halogens is 1. The van der Waals surface area contributed by atoms with Crippen LogP contribution in [0, 0.1) is 16.0 Å². The lowest BCUT2D eigenvalue weighted by Crippen LogP contribution is -2.62. The number of nitrogens with zero attached hydrogens (tertiary/aromatic N) is 3. The fourth-order valence-corrected chi connectivity index (χ4v) is 5.12. The van der Waals surface area contributed by atoms with E-state index in [1.54, 1.807) is 12.1 Å². The summed E-state index contributed by atoms with van der Waals surface area (Å²) in [5.41, 5.74) is 2.34. The van der Waals surface area contributed by atoms with Gasteiger partial charge in [0, 0.05) is 23.2 Å². The van der Waals surface area contributed by atoms with Crippen molar-refractivity contribution in [1.82, 2.24) is 4.90 Å². The molecule has 3 aromatic rings. The molecule has 1 saturated heterocycles. The molecule has 6 nitrogen and oxygen atoms in total. The van der Waals surface area contributed by atoms with Crippen LogP contribution in [0.5, 0.6) is 0 Å². The van der Waals surface area contributed by atoms with Gasteiger partial charge in [-0.3, -0.25) is 19.8 Å². The van der Waals surface area contributed by atoms with Gasteiger partial charge in [-0.2, -0.15) is 0 Å². The van der Waals surface area contributed by atoms with Crippen molar-refractivity contribution in [3.05, 3.63) is 105 Å². The molecule has 3 aromatic carbocycles. The van der Waals surface area contributed by atoms with Crippen molar-refractivity contribution in [3.63, 3.8) is 0 Å². The number of rotatable bonds is 6. The van der Waals surface area contributed by atoms with Crippen LogP contribution in [0.2, 0.25) is 5.02 Å². The maximum absolute atomic E-state index is 13.8. The third kappa shape index (κ3) is 4.67. The van der Waals surface area contributed by atoms with Crippen LogP contribution in [-0.4, -0.2) is 26.9 Å². The number of anilines is 1. The number of nitro benzene ring substituents is 1. The summed E-state index contributed by atoms with van der Waals surface area (Å²) in [6.45, 7) is 4.06. The summed E-state index contributed by atoms with van der Waals surface area (Å²) in [5, 5.41) is 12.4. The van der Waals surface area contributed by atoms with Gasteiger partial charge >= 0.3 is 0 Å². The average molecular weight is 494 g/mol. The van der Waals surface area contributed by atoms with Crippen LogP contribution in [0.15, 0.2) is 78.9 Å². The second-order valence-corrected chi connectivity index (χ2v) is 9.21. The van der Waals surface area contributed by atoms with Gasteiger partial charge in [-0.25, -0.2) is 0 Å². The van der Waals surface area contributed by atoms with E-state index in [2.05, 4.69) is 11.8 Å². The number of thiocarbonyl (C=S) groups is 1. The highest BCUT2D eigenvalue weighted by Gasteiger charge is 2.44. The molecular formula is C26H24ClN3O3S. The van der Waals surface area contributed by atoms with Crippen LogP contribution in [0.4, 0.5) is 11.4 Å². The molecule has 0 saturated carbocycles. The summed E-state index contributed by atoms with van der Waals surface area (Å²) in [4.78, 5) is 28.2. The number of non-ortho nitro benzene ring substituents is 1. The molecule has 1 aliphatic rings. The maximum atomic E-state index is 13.8. The molecule has 0 bridgehead atoms. The number of carbonyl (C=O) groups excluding carboxylic acids is 1. The predicted octanol–water partition coefficient (Wildman–Crippen LogP) is 6.19. The Morgan fingerprint density at radius 2 is 1.74 bits per heavy atom. The Morgan fingerprint density at radius 3 is 2.38 bits per heavy atom. The highest BCUT2D eigenvalue weighted by Crippen LogP contribution is 2.36. The third-order valence-electron chi connectivity index (χ3n) is 6.34. The second-order valence-electron chi connectivity index (χ2n) is 8.40. The SMILES string of the molecule is C[C@@H](c1ccccc1)N1C(=S)N(c2cccc([N+](=O)[O-])c2)C(=O)[C@H](Cc2ccc(Cl)cc2)[C@@H]1C. The molecule has 0 unspecified atom stereocenters. The van der Waals surface area contributed by atoms with Gasteiger partial charge in [0.1, 0.15) is 0 Å². The number of amides is 1. The van der Waals surface area contributed by atoms with E-state index in [1.165, 1.54) is 17.0 Å². The van der Waals surface area contributed by atoms with Crippen LogP contribution < -0.4 is 4.90 Å². The van der Waals surface area contributed by atoms with Crippen molar-refractivity contribution < 1.29 is 9.72 Å². The van der Waals surface area contributed by atoms with E-state index in [1.807, 2.05) is 61.5 Å². The van der Waals surface area contributed by atoms with E-state index >= 15 is 0 Å². The minimum absolute atomic E-state index is 0.0939. The predicted molar refractivity (Wildman–Crippen MR) is 138 cm³/mol. The zero-order valence-corrected chi connectivity index (χ0v) is 20.4. The van der Waals surface area contributed by atoms with Gasteiger partial charge < -0.3 is 4.90 Å². The van der Waals surface area contributed by atoms with Gasteiger partial charge in [0.2, 0.25) is 5.91 Å². The molecule has 1 aliphatic heterocycles. The van der Waals surface area contributed by atoms with E-state index in [0.29, 0.717) is 22.2 Å². The summed E-state index contributed by atoms with van der Waals surface area (Å²) in [6, 6.07) is 23.1. The minimum atomic E-state index is -0.473. The van der Waals surface area contributed by atoms with E-state index in [0.717, 1.165) is 11.1 Å². The van der Waals surface area contributed by atoms with E-state index in [9.17, 15) is 14.9 Å². The topological polar surface area (TPSA) is 66.7 Å². The molecular weight excluding hydrogens is 470 g/mol. The molecule has 0 aromatic heterocycles. The smallest absolute Gasteiger partial charge is 0.271 e. The highest BCUT2D eigenvalue weighted by molar-refractivity contribution is 7.80. The zero-order valence-electron chi connectivity index (χ0n) is 18.8. The summed E-state index contributed by atoms with van der Waals surface area (Å²) in [7, 11) is 0. The first-order valence-electron chi connectivity index (χ1n) is 11.0.